The second-order valence-corrected chi connectivity index (χ2v) is 7.32. The lowest BCUT2D eigenvalue weighted by atomic mass is 9.96. The van der Waals surface area contributed by atoms with E-state index >= 15 is 0 Å². The summed E-state index contributed by atoms with van der Waals surface area (Å²) in [5.41, 5.74) is 1.24. The standard InChI is InChI=1S/C16H19BrN2S/c17-14-8-12(9-18-11-14)10-19-16(13-4-1-2-5-13)15-6-3-7-20-15/h3,6-9,11,13,16,19H,1-2,4-5,10H2. The number of pyridine rings is 1. The van der Waals surface area contributed by atoms with Gasteiger partial charge < -0.3 is 5.32 Å². The van der Waals surface area contributed by atoms with E-state index in [-0.39, 0.29) is 0 Å². The minimum Gasteiger partial charge on any atom is -0.305 e. The second kappa shape index (κ2) is 6.83. The molecular formula is C16H19BrN2S. The molecule has 1 saturated carbocycles. The molecule has 0 radical (unpaired) electrons. The highest BCUT2D eigenvalue weighted by Gasteiger charge is 2.26. The fourth-order valence-electron chi connectivity index (χ4n) is 3.04. The summed E-state index contributed by atoms with van der Waals surface area (Å²) in [6.45, 7) is 0.880. The molecule has 1 N–H and O–H groups in total. The zero-order valence-electron chi connectivity index (χ0n) is 11.4. The van der Waals surface area contributed by atoms with Crippen molar-refractivity contribution in [1.29, 1.82) is 0 Å². The smallest absolute Gasteiger partial charge is 0.0446 e. The molecule has 1 atom stereocenters. The van der Waals surface area contributed by atoms with Crippen LogP contribution in [0.5, 0.6) is 0 Å². The van der Waals surface area contributed by atoms with Gasteiger partial charge >= 0.3 is 0 Å². The van der Waals surface area contributed by atoms with Crippen LogP contribution in [0.2, 0.25) is 0 Å². The van der Waals surface area contributed by atoms with Crippen LogP contribution in [-0.2, 0) is 6.54 Å². The Morgan fingerprint density at radius 1 is 1.35 bits per heavy atom. The van der Waals surface area contributed by atoms with Crippen molar-refractivity contribution in [3.05, 3.63) is 50.9 Å². The van der Waals surface area contributed by atoms with Crippen molar-refractivity contribution in [3.8, 4) is 0 Å². The average Bonchev–Trinajstić information content (AvgIpc) is 3.12. The normalized spacial score (nSPS) is 17.4. The fraction of sp³-hybridized carbons (Fsp3) is 0.438. The largest absolute Gasteiger partial charge is 0.305 e. The third-order valence-corrected chi connectivity index (χ3v) is 5.40. The van der Waals surface area contributed by atoms with Crippen LogP contribution < -0.4 is 5.32 Å². The van der Waals surface area contributed by atoms with E-state index in [9.17, 15) is 0 Å². The van der Waals surface area contributed by atoms with E-state index in [1.807, 2.05) is 23.7 Å². The van der Waals surface area contributed by atoms with Crippen LogP contribution >= 0.6 is 27.3 Å². The van der Waals surface area contributed by atoms with Crippen molar-refractivity contribution < 1.29 is 0 Å². The summed E-state index contributed by atoms with van der Waals surface area (Å²) in [6.07, 6.45) is 9.24. The van der Waals surface area contributed by atoms with Gasteiger partial charge in [0, 0.05) is 34.3 Å². The molecule has 2 aromatic rings. The van der Waals surface area contributed by atoms with Crippen molar-refractivity contribution in [2.24, 2.45) is 5.92 Å². The van der Waals surface area contributed by atoms with Gasteiger partial charge in [-0.1, -0.05) is 18.9 Å². The van der Waals surface area contributed by atoms with E-state index in [0.717, 1.165) is 16.9 Å². The number of hydrogen-bond donors (Lipinski definition) is 1. The van der Waals surface area contributed by atoms with Gasteiger partial charge in [-0.3, -0.25) is 4.98 Å². The molecule has 2 nitrogen and oxygen atoms in total. The maximum atomic E-state index is 4.24. The van der Waals surface area contributed by atoms with E-state index < -0.39 is 0 Å². The molecule has 0 amide bonds. The molecule has 1 aliphatic rings. The summed E-state index contributed by atoms with van der Waals surface area (Å²) in [4.78, 5) is 5.71. The van der Waals surface area contributed by atoms with Crippen LogP contribution in [0.1, 0.15) is 42.2 Å². The molecule has 20 heavy (non-hydrogen) atoms. The molecule has 1 fully saturated rings. The van der Waals surface area contributed by atoms with Crippen molar-refractivity contribution >= 4 is 27.3 Å². The van der Waals surface area contributed by atoms with Gasteiger partial charge in [0.15, 0.2) is 0 Å². The Hall–Kier alpha value is -0.710. The number of nitrogens with one attached hydrogen (secondary N) is 1. The van der Waals surface area contributed by atoms with E-state index in [2.05, 4.69) is 49.8 Å². The Morgan fingerprint density at radius 3 is 2.90 bits per heavy atom. The zero-order chi connectivity index (χ0) is 13.8. The molecular weight excluding hydrogens is 332 g/mol. The van der Waals surface area contributed by atoms with Crippen molar-refractivity contribution in [3.63, 3.8) is 0 Å². The molecule has 1 unspecified atom stereocenters. The highest BCUT2D eigenvalue weighted by molar-refractivity contribution is 9.10. The molecule has 0 aromatic carbocycles. The molecule has 0 aliphatic heterocycles. The minimum atomic E-state index is 0.497. The molecule has 2 heterocycles. The predicted molar refractivity (Wildman–Crippen MR) is 87.8 cm³/mol. The number of aromatic nitrogens is 1. The van der Waals surface area contributed by atoms with Gasteiger partial charge in [-0.2, -0.15) is 0 Å². The second-order valence-electron chi connectivity index (χ2n) is 5.43. The van der Waals surface area contributed by atoms with Gasteiger partial charge in [-0.15, -0.1) is 11.3 Å². The maximum Gasteiger partial charge on any atom is 0.0446 e. The number of rotatable bonds is 5. The average molecular weight is 351 g/mol. The summed E-state index contributed by atoms with van der Waals surface area (Å²) < 4.78 is 1.05. The summed E-state index contributed by atoms with van der Waals surface area (Å²) in [7, 11) is 0. The quantitative estimate of drug-likeness (QED) is 0.826. The number of thiophene rings is 1. The topological polar surface area (TPSA) is 24.9 Å². The zero-order valence-corrected chi connectivity index (χ0v) is 13.8. The summed E-state index contributed by atoms with van der Waals surface area (Å²) in [6, 6.07) is 7.06. The van der Waals surface area contributed by atoms with Crippen LogP contribution in [0.25, 0.3) is 0 Å². The van der Waals surface area contributed by atoms with Gasteiger partial charge in [0.05, 0.1) is 0 Å². The van der Waals surface area contributed by atoms with Crippen LogP contribution in [0.3, 0.4) is 0 Å². The van der Waals surface area contributed by atoms with Crippen molar-refractivity contribution in [2.75, 3.05) is 0 Å². The van der Waals surface area contributed by atoms with E-state index in [1.54, 1.807) is 0 Å². The first-order chi connectivity index (χ1) is 9.83. The first kappa shape index (κ1) is 14.2. The summed E-state index contributed by atoms with van der Waals surface area (Å²) in [5, 5.41) is 5.94. The number of hydrogen-bond acceptors (Lipinski definition) is 3. The monoisotopic (exact) mass is 350 g/mol. The molecule has 0 bridgehead atoms. The van der Waals surface area contributed by atoms with E-state index in [1.165, 1.54) is 36.1 Å². The lowest BCUT2D eigenvalue weighted by Gasteiger charge is -2.24. The lowest BCUT2D eigenvalue weighted by Crippen LogP contribution is -2.26. The van der Waals surface area contributed by atoms with Gasteiger partial charge in [0.2, 0.25) is 0 Å². The number of nitrogens with zero attached hydrogens (tertiary/aromatic N) is 1. The molecule has 1 aliphatic carbocycles. The predicted octanol–water partition coefficient (Wildman–Crippen LogP) is 4.93. The SMILES string of the molecule is Brc1cncc(CNC(c2cccs2)C2CCCC2)c1. The fourth-order valence-corrected chi connectivity index (χ4v) is 4.34. The van der Waals surface area contributed by atoms with Crippen LogP contribution in [0.4, 0.5) is 0 Å². The molecule has 0 saturated heterocycles. The van der Waals surface area contributed by atoms with Gasteiger partial charge in [-0.25, -0.2) is 0 Å². The number of halogens is 1. The van der Waals surface area contributed by atoms with E-state index in [0.29, 0.717) is 6.04 Å². The first-order valence-corrected chi connectivity index (χ1v) is 8.86. The molecule has 0 spiro atoms. The van der Waals surface area contributed by atoms with E-state index in [4.69, 9.17) is 0 Å². The highest BCUT2D eigenvalue weighted by Crippen LogP contribution is 2.37. The molecule has 106 valence electrons. The molecule has 2 aromatic heterocycles. The molecule has 4 heteroatoms. The Bertz CT molecular complexity index is 535. The Balaban J connectivity index is 1.70. The lowest BCUT2D eigenvalue weighted by molar-refractivity contribution is 0.371. The van der Waals surface area contributed by atoms with Crippen LogP contribution in [-0.4, -0.2) is 4.98 Å². The Kier molecular flexibility index (Phi) is 4.86. The highest BCUT2D eigenvalue weighted by atomic mass is 79.9. The summed E-state index contributed by atoms with van der Waals surface area (Å²) >= 11 is 5.35. The third kappa shape index (κ3) is 3.48. The summed E-state index contributed by atoms with van der Waals surface area (Å²) in [5.74, 6) is 0.786. The first-order valence-electron chi connectivity index (χ1n) is 7.19. The molecule has 3 rings (SSSR count). The van der Waals surface area contributed by atoms with Crippen molar-refractivity contribution in [1.82, 2.24) is 10.3 Å². The minimum absolute atomic E-state index is 0.497. The Labute approximate surface area is 132 Å². The van der Waals surface area contributed by atoms with Crippen LogP contribution in [0, 0.1) is 5.92 Å². The van der Waals surface area contributed by atoms with Gasteiger partial charge in [-0.05, 0) is 57.8 Å². The van der Waals surface area contributed by atoms with Gasteiger partial charge in [0.25, 0.3) is 0 Å². The van der Waals surface area contributed by atoms with Crippen LogP contribution in [0.15, 0.2) is 40.4 Å². The third-order valence-electron chi connectivity index (χ3n) is 4.01. The van der Waals surface area contributed by atoms with Gasteiger partial charge in [0.1, 0.15) is 0 Å². The van der Waals surface area contributed by atoms with Crippen molar-refractivity contribution in [2.45, 2.75) is 38.3 Å². The maximum absolute atomic E-state index is 4.24. The Morgan fingerprint density at radius 2 is 2.20 bits per heavy atom.